The first-order valence-corrected chi connectivity index (χ1v) is 6.16. The van der Waals surface area contributed by atoms with Crippen LogP contribution in [0.1, 0.15) is 11.1 Å². The summed E-state index contributed by atoms with van der Waals surface area (Å²) in [5, 5.41) is 0.802. The van der Waals surface area contributed by atoms with Crippen LogP contribution >= 0.6 is 11.6 Å². The summed E-state index contributed by atoms with van der Waals surface area (Å²) in [6.07, 6.45) is 1.70. The van der Waals surface area contributed by atoms with Crippen LogP contribution in [0.4, 0.5) is 0 Å². The van der Waals surface area contributed by atoms with Gasteiger partial charge in [0, 0.05) is 11.1 Å². The molecule has 0 heterocycles. The summed E-state index contributed by atoms with van der Waals surface area (Å²) in [5.41, 5.74) is 8.54. The zero-order valence-corrected chi connectivity index (χ0v) is 10.4. The highest BCUT2D eigenvalue weighted by Gasteiger charge is 2.07. The van der Waals surface area contributed by atoms with Crippen LogP contribution in [0, 0.1) is 0 Å². The van der Waals surface area contributed by atoms with Gasteiger partial charge in [0.1, 0.15) is 0 Å². The van der Waals surface area contributed by atoms with Crippen molar-refractivity contribution in [1.82, 2.24) is 0 Å². The van der Waals surface area contributed by atoms with Crippen LogP contribution in [0.15, 0.2) is 54.6 Å². The van der Waals surface area contributed by atoms with E-state index in [0.717, 1.165) is 23.4 Å². The Bertz CT molecular complexity index is 467. The molecule has 0 bridgehead atoms. The van der Waals surface area contributed by atoms with Crippen molar-refractivity contribution >= 4 is 11.6 Å². The van der Waals surface area contributed by atoms with Gasteiger partial charge in [-0.15, -0.1) is 0 Å². The fourth-order valence-corrected chi connectivity index (χ4v) is 2.15. The van der Waals surface area contributed by atoms with Crippen molar-refractivity contribution in [3.63, 3.8) is 0 Å². The average molecular weight is 246 g/mol. The van der Waals surface area contributed by atoms with Gasteiger partial charge in [-0.2, -0.15) is 0 Å². The van der Waals surface area contributed by atoms with Gasteiger partial charge in [-0.25, -0.2) is 0 Å². The molecule has 2 aromatic rings. The van der Waals surface area contributed by atoms with Crippen LogP contribution in [0.2, 0.25) is 5.02 Å². The molecule has 2 N–H and O–H groups in total. The van der Waals surface area contributed by atoms with Gasteiger partial charge in [0.05, 0.1) is 0 Å². The van der Waals surface area contributed by atoms with Gasteiger partial charge in [-0.05, 0) is 30.0 Å². The average Bonchev–Trinajstić information content (AvgIpc) is 2.33. The maximum absolute atomic E-state index is 6.15. The molecule has 0 radical (unpaired) electrons. The molecule has 1 nitrogen and oxygen atoms in total. The molecule has 0 aliphatic heterocycles. The molecule has 0 aliphatic carbocycles. The van der Waals surface area contributed by atoms with E-state index in [4.69, 9.17) is 17.3 Å². The van der Waals surface area contributed by atoms with E-state index in [0.29, 0.717) is 0 Å². The van der Waals surface area contributed by atoms with E-state index >= 15 is 0 Å². The summed E-state index contributed by atoms with van der Waals surface area (Å²) in [6, 6.07) is 18.3. The molecule has 0 spiro atoms. The Morgan fingerprint density at radius 1 is 0.882 bits per heavy atom. The molecule has 0 saturated heterocycles. The topological polar surface area (TPSA) is 26.0 Å². The van der Waals surface area contributed by atoms with Crippen LogP contribution < -0.4 is 5.73 Å². The van der Waals surface area contributed by atoms with Gasteiger partial charge < -0.3 is 5.73 Å². The van der Waals surface area contributed by atoms with E-state index in [1.54, 1.807) is 0 Å². The van der Waals surface area contributed by atoms with E-state index < -0.39 is 0 Å². The SMILES string of the molecule is NC(Cc1ccccc1)Cc1ccccc1Cl. The number of benzene rings is 2. The van der Waals surface area contributed by atoms with Gasteiger partial charge in [0.25, 0.3) is 0 Å². The minimum Gasteiger partial charge on any atom is -0.327 e. The van der Waals surface area contributed by atoms with Gasteiger partial charge in [0.2, 0.25) is 0 Å². The standard InChI is InChI=1S/C15H16ClN/c16-15-9-5-4-8-13(15)11-14(17)10-12-6-2-1-3-7-12/h1-9,14H,10-11,17H2. The molecule has 0 amide bonds. The Labute approximate surface area is 107 Å². The van der Waals surface area contributed by atoms with Gasteiger partial charge in [-0.3, -0.25) is 0 Å². The van der Waals surface area contributed by atoms with E-state index in [1.807, 2.05) is 42.5 Å². The van der Waals surface area contributed by atoms with Crippen LogP contribution in [0.25, 0.3) is 0 Å². The molecule has 1 unspecified atom stereocenters. The maximum Gasteiger partial charge on any atom is 0.0438 e. The van der Waals surface area contributed by atoms with Crippen molar-refractivity contribution in [2.75, 3.05) is 0 Å². The third kappa shape index (κ3) is 3.58. The smallest absolute Gasteiger partial charge is 0.0438 e. The molecule has 2 aromatic carbocycles. The molecule has 17 heavy (non-hydrogen) atoms. The van der Waals surface area contributed by atoms with E-state index in [-0.39, 0.29) is 6.04 Å². The summed E-state index contributed by atoms with van der Waals surface area (Å²) in [6.45, 7) is 0. The highest BCUT2D eigenvalue weighted by Crippen LogP contribution is 2.17. The van der Waals surface area contributed by atoms with Crippen molar-refractivity contribution < 1.29 is 0 Å². The first kappa shape index (κ1) is 12.2. The normalized spacial score (nSPS) is 12.4. The third-order valence-electron chi connectivity index (χ3n) is 2.78. The van der Waals surface area contributed by atoms with Crippen LogP contribution in [-0.4, -0.2) is 6.04 Å². The molecular formula is C15H16ClN. The number of hydrogen-bond donors (Lipinski definition) is 1. The number of nitrogens with two attached hydrogens (primary N) is 1. The second kappa shape index (κ2) is 5.85. The third-order valence-corrected chi connectivity index (χ3v) is 3.15. The van der Waals surface area contributed by atoms with Crippen molar-refractivity contribution in [1.29, 1.82) is 0 Å². The lowest BCUT2D eigenvalue weighted by Gasteiger charge is -2.12. The van der Waals surface area contributed by atoms with E-state index in [2.05, 4.69) is 12.1 Å². The van der Waals surface area contributed by atoms with E-state index in [9.17, 15) is 0 Å². The lowest BCUT2D eigenvalue weighted by atomic mass is 10.00. The summed E-state index contributed by atoms with van der Waals surface area (Å²) in [7, 11) is 0. The molecule has 0 aliphatic rings. The van der Waals surface area contributed by atoms with Crippen molar-refractivity contribution in [2.24, 2.45) is 5.73 Å². The Morgan fingerprint density at radius 2 is 1.53 bits per heavy atom. The van der Waals surface area contributed by atoms with Crippen LogP contribution in [0.5, 0.6) is 0 Å². The fraction of sp³-hybridized carbons (Fsp3) is 0.200. The molecule has 2 rings (SSSR count). The van der Waals surface area contributed by atoms with Crippen molar-refractivity contribution in [3.05, 3.63) is 70.7 Å². The van der Waals surface area contributed by atoms with E-state index in [1.165, 1.54) is 5.56 Å². The maximum atomic E-state index is 6.15. The molecule has 0 fully saturated rings. The Balaban J connectivity index is 1.98. The largest absolute Gasteiger partial charge is 0.327 e. The summed E-state index contributed by atoms with van der Waals surface area (Å²) in [4.78, 5) is 0. The Hall–Kier alpha value is -1.31. The first-order chi connectivity index (χ1) is 8.25. The molecule has 0 aromatic heterocycles. The second-order valence-electron chi connectivity index (χ2n) is 4.25. The van der Waals surface area contributed by atoms with Crippen molar-refractivity contribution in [3.8, 4) is 0 Å². The minimum absolute atomic E-state index is 0.109. The lowest BCUT2D eigenvalue weighted by molar-refractivity contribution is 0.665. The first-order valence-electron chi connectivity index (χ1n) is 5.78. The number of rotatable bonds is 4. The second-order valence-corrected chi connectivity index (χ2v) is 4.65. The highest BCUT2D eigenvalue weighted by atomic mass is 35.5. The van der Waals surface area contributed by atoms with Gasteiger partial charge in [0.15, 0.2) is 0 Å². The summed E-state index contributed by atoms with van der Waals surface area (Å²) < 4.78 is 0. The zero-order chi connectivity index (χ0) is 12.1. The molecular weight excluding hydrogens is 230 g/mol. The Kier molecular flexibility index (Phi) is 4.18. The summed E-state index contributed by atoms with van der Waals surface area (Å²) >= 11 is 6.12. The molecule has 1 atom stereocenters. The highest BCUT2D eigenvalue weighted by molar-refractivity contribution is 6.31. The van der Waals surface area contributed by atoms with Crippen LogP contribution in [-0.2, 0) is 12.8 Å². The quantitative estimate of drug-likeness (QED) is 0.877. The number of hydrogen-bond acceptors (Lipinski definition) is 1. The van der Waals surface area contributed by atoms with Gasteiger partial charge >= 0.3 is 0 Å². The van der Waals surface area contributed by atoms with Gasteiger partial charge in [-0.1, -0.05) is 60.1 Å². The molecule has 88 valence electrons. The molecule has 2 heteroatoms. The summed E-state index contributed by atoms with van der Waals surface area (Å²) in [5.74, 6) is 0. The number of halogens is 1. The lowest BCUT2D eigenvalue weighted by Crippen LogP contribution is -2.25. The predicted molar refractivity (Wildman–Crippen MR) is 73.3 cm³/mol. The minimum atomic E-state index is 0.109. The monoisotopic (exact) mass is 245 g/mol. The molecule has 0 saturated carbocycles. The Morgan fingerprint density at radius 3 is 2.24 bits per heavy atom. The van der Waals surface area contributed by atoms with Crippen molar-refractivity contribution in [2.45, 2.75) is 18.9 Å². The zero-order valence-electron chi connectivity index (χ0n) is 9.64. The fourth-order valence-electron chi connectivity index (χ4n) is 1.94. The predicted octanol–water partition coefficient (Wildman–Crippen LogP) is 3.45. The van der Waals surface area contributed by atoms with Crippen LogP contribution in [0.3, 0.4) is 0 Å².